The molecule has 0 spiro atoms. The summed E-state index contributed by atoms with van der Waals surface area (Å²) in [6.45, 7) is 2.05. The highest BCUT2D eigenvalue weighted by Gasteiger charge is 2.34. The predicted octanol–water partition coefficient (Wildman–Crippen LogP) is 6.72. The molecule has 1 amide bonds. The number of unbranched alkanes of at least 4 members (excludes halogenated alkanes) is 1. The molecule has 1 unspecified atom stereocenters. The lowest BCUT2D eigenvalue weighted by Crippen LogP contribution is -2.24. The number of halogens is 2. The van der Waals surface area contributed by atoms with E-state index in [9.17, 15) is 4.79 Å². The zero-order chi connectivity index (χ0) is 23.5. The van der Waals surface area contributed by atoms with Crippen molar-refractivity contribution in [1.29, 1.82) is 0 Å². The average Bonchev–Trinajstić information content (AvgIpc) is 3.40. The Balaban J connectivity index is 1.29. The van der Waals surface area contributed by atoms with Gasteiger partial charge in [-0.1, -0.05) is 41.4 Å². The summed E-state index contributed by atoms with van der Waals surface area (Å²) in [7, 11) is 0. The SMILES string of the molecule is O=C1CC(c2nc3ccccc3n2CCCCOc2ccc(Cl)cc2)CN1c1cccc(Cl)c1. The molecule has 1 saturated heterocycles. The van der Waals surface area contributed by atoms with Crippen LogP contribution in [0.5, 0.6) is 5.75 Å². The summed E-state index contributed by atoms with van der Waals surface area (Å²) in [5, 5.41) is 1.33. The zero-order valence-corrected chi connectivity index (χ0v) is 20.2. The van der Waals surface area contributed by atoms with Gasteiger partial charge in [0.15, 0.2) is 0 Å². The molecule has 4 aromatic rings. The minimum Gasteiger partial charge on any atom is -0.494 e. The number of hydrogen-bond acceptors (Lipinski definition) is 3. The lowest BCUT2D eigenvalue weighted by Gasteiger charge is -2.18. The van der Waals surface area contributed by atoms with Crippen LogP contribution in [0.3, 0.4) is 0 Å². The van der Waals surface area contributed by atoms with Gasteiger partial charge in [0.1, 0.15) is 11.6 Å². The molecule has 34 heavy (non-hydrogen) atoms. The maximum Gasteiger partial charge on any atom is 0.227 e. The van der Waals surface area contributed by atoms with Gasteiger partial charge >= 0.3 is 0 Å². The van der Waals surface area contributed by atoms with Crippen molar-refractivity contribution < 1.29 is 9.53 Å². The van der Waals surface area contributed by atoms with Crippen molar-refractivity contribution in [2.45, 2.75) is 31.7 Å². The maximum absolute atomic E-state index is 12.9. The van der Waals surface area contributed by atoms with Crippen LogP contribution in [0.25, 0.3) is 11.0 Å². The molecular formula is C27H25Cl2N3O2. The van der Waals surface area contributed by atoms with Crippen LogP contribution in [0.4, 0.5) is 5.69 Å². The van der Waals surface area contributed by atoms with Gasteiger partial charge in [0.2, 0.25) is 5.91 Å². The molecule has 0 aliphatic carbocycles. The van der Waals surface area contributed by atoms with Crippen LogP contribution in [0.2, 0.25) is 10.0 Å². The third-order valence-corrected chi connectivity index (χ3v) is 6.64. The molecule has 3 aromatic carbocycles. The van der Waals surface area contributed by atoms with Crippen LogP contribution in [-0.4, -0.2) is 28.6 Å². The van der Waals surface area contributed by atoms with E-state index in [0.29, 0.717) is 29.6 Å². The first-order valence-corrected chi connectivity index (χ1v) is 12.2. The number of benzene rings is 3. The van der Waals surface area contributed by atoms with E-state index in [4.69, 9.17) is 32.9 Å². The molecule has 1 fully saturated rings. The third kappa shape index (κ3) is 4.91. The van der Waals surface area contributed by atoms with Crippen molar-refractivity contribution in [3.05, 3.63) is 88.7 Å². The lowest BCUT2D eigenvalue weighted by atomic mass is 10.1. The standard InChI is InChI=1S/C27H25Cl2N3O2/c28-20-10-12-23(13-11-20)34-15-4-3-14-31-25-9-2-1-8-24(25)30-27(31)19-16-26(33)32(18-19)22-7-5-6-21(29)17-22/h1-2,5-13,17,19H,3-4,14-16,18H2. The summed E-state index contributed by atoms with van der Waals surface area (Å²) in [6.07, 6.45) is 2.29. The maximum atomic E-state index is 12.9. The largest absolute Gasteiger partial charge is 0.494 e. The molecule has 0 bridgehead atoms. The highest BCUT2D eigenvalue weighted by atomic mass is 35.5. The van der Waals surface area contributed by atoms with Crippen LogP contribution in [0.15, 0.2) is 72.8 Å². The van der Waals surface area contributed by atoms with Gasteiger partial charge in [0, 0.05) is 41.2 Å². The molecule has 1 aliphatic rings. The molecule has 1 aliphatic heterocycles. The quantitative estimate of drug-likeness (QED) is 0.256. The number of para-hydroxylation sites is 2. The van der Waals surface area contributed by atoms with Crippen LogP contribution in [-0.2, 0) is 11.3 Å². The summed E-state index contributed by atoms with van der Waals surface area (Å²) < 4.78 is 8.11. The van der Waals surface area contributed by atoms with Gasteiger partial charge < -0.3 is 14.2 Å². The number of amides is 1. The van der Waals surface area contributed by atoms with Gasteiger partial charge in [-0.25, -0.2) is 4.98 Å². The normalized spacial score (nSPS) is 15.9. The zero-order valence-electron chi connectivity index (χ0n) is 18.7. The van der Waals surface area contributed by atoms with Crippen molar-refractivity contribution in [3.8, 4) is 5.75 Å². The summed E-state index contributed by atoms with van der Waals surface area (Å²) in [5.74, 6) is 1.92. The fraction of sp³-hybridized carbons (Fsp3) is 0.259. The van der Waals surface area contributed by atoms with Crippen LogP contribution >= 0.6 is 23.2 Å². The highest BCUT2D eigenvalue weighted by molar-refractivity contribution is 6.31. The summed E-state index contributed by atoms with van der Waals surface area (Å²) in [6, 6.07) is 23.0. The Bertz CT molecular complexity index is 1300. The molecule has 2 heterocycles. The topological polar surface area (TPSA) is 47.4 Å². The molecular weight excluding hydrogens is 469 g/mol. The van der Waals surface area contributed by atoms with Gasteiger partial charge in [-0.05, 0) is 67.4 Å². The number of aromatic nitrogens is 2. The highest BCUT2D eigenvalue weighted by Crippen LogP contribution is 2.34. The van der Waals surface area contributed by atoms with Gasteiger partial charge in [0.05, 0.1) is 17.6 Å². The fourth-order valence-electron chi connectivity index (χ4n) is 4.51. The van der Waals surface area contributed by atoms with E-state index in [1.54, 1.807) is 0 Å². The second-order valence-electron chi connectivity index (χ2n) is 8.51. The van der Waals surface area contributed by atoms with Crippen molar-refractivity contribution in [3.63, 3.8) is 0 Å². The number of hydrogen-bond donors (Lipinski definition) is 0. The summed E-state index contributed by atoms with van der Waals surface area (Å²) in [4.78, 5) is 19.6. The number of ether oxygens (including phenoxy) is 1. The van der Waals surface area contributed by atoms with Gasteiger partial charge in [-0.15, -0.1) is 0 Å². The Kier molecular flexibility index (Phi) is 6.75. The smallest absolute Gasteiger partial charge is 0.227 e. The molecule has 5 nitrogen and oxygen atoms in total. The number of nitrogens with zero attached hydrogens (tertiary/aromatic N) is 3. The Morgan fingerprint density at radius 2 is 1.76 bits per heavy atom. The molecule has 0 saturated carbocycles. The predicted molar refractivity (Wildman–Crippen MR) is 137 cm³/mol. The Labute approximate surface area is 208 Å². The van der Waals surface area contributed by atoms with E-state index < -0.39 is 0 Å². The number of carbonyl (C=O) groups is 1. The number of rotatable bonds is 8. The van der Waals surface area contributed by atoms with Gasteiger partial charge in [-0.2, -0.15) is 0 Å². The first-order chi connectivity index (χ1) is 16.6. The number of imidazole rings is 1. The monoisotopic (exact) mass is 493 g/mol. The van der Waals surface area contributed by atoms with Crippen molar-refractivity contribution >= 4 is 45.8 Å². The second-order valence-corrected chi connectivity index (χ2v) is 9.38. The van der Waals surface area contributed by atoms with E-state index in [1.165, 1.54) is 0 Å². The minimum absolute atomic E-state index is 0.0317. The molecule has 5 rings (SSSR count). The van der Waals surface area contributed by atoms with Crippen LogP contribution in [0.1, 0.15) is 31.0 Å². The Morgan fingerprint density at radius 3 is 2.59 bits per heavy atom. The second kappa shape index (κ2) is 10.1. The minimum atomic E-state index is 0.0317. The lowest BCUT2D eigenvalue weighted by molar-refractivity contribution is -0.117. The summed E-state index contributed by atoms with van der Waals surface area (Å²) in [5.41, 5.74) is 2.90. The first-order valence-electron chi connectivity index (χ1n) is 11.5. The van der Waals surface area contributed by atoms with Crippen LogP contribution < -0.4 is 9.64 Å². The third-order valence-electron chi connectivity index (χ3n) is 6.15. The summed E-state index contributed by atoms with van der Waals surface area (Å²) >= 11 is 12.1. The number of fused-ring (bicyclic) bond motifs is 1. The van der Waals surface area contributed by atoms with Gasteiger partial charge in [-0.3, -0.25) is 4.79 Å². The van der Waals surface area contributed by atoms with Gasteiger partial charge in [0.25, 0.3) is 0 Å². The number of aryl methyl sites for hydroxylation is 1. The van der Waals surface area contributed by atoms with E-state index in [2.05, 4.69) is 10.6 Å². The number of carbonyl (C=O) groups excluding carboxylic acids is 1. The van der Waals surface area contributed by atoms with E-state index in [0.717, 1.165) is 47.7 Å². The Hall–Kier alpha value is -3.02. The van der Waals surface area contributed by atoms with E-state index in [-0.39, 0.29) is 11.8 Å². The van der Waals surface area contributed by atoms with Crippen LogP contribution in [0, 0.1) is 0 Å². The van der Waals surface area contributed by atoms with Crippen molar-refractivity contribution in [1.82, 2.24) is 9.55 Å². The molecule has 0 radical (unpaired) electrons. The molecule has 7 heteroatoms. The number of anilines is 1. The molecule has 1 atom stereocenters. The van der Waals surface area contributed by atoms with Crippen molar-refractivity contribution in [2.75, 3.05) is 18.1 Å². The Morgan fingerprint density at radius 1 is 0.941 bits per heavy atom. The van der Waals surface area contributed by atoms with E-state index >= 15 is 0 Å². The molecule has 0 N–H and O–H groups in total. The van der Waals surface area contributed by atoms with Crippen molar-refractivity contribution in [2.24, 2.45) is 0 Å². The average molecular weight is 494 g/mol. The molecule has 1 aromatic heterocycles. The first kappa shape index (κ1) is 22.8. The fourth-order valence-corrected chi connectivity index (χ4v) is 4.82. The molecule has 174 valence electrons. The van der Waals surface area contributed by atoms with E-state index in [1.807, 2.05) is 71.6 Å².